The standard InChI is InChI=1S/C16H23NO3/c1-11(2)14-6-7-20-16(14,15(18)19)9-12-4-3-5-13(8-12)10-17/h3-5,8,11,14H,6-7,9-10,17H2,1-2H3,(H,18,19). The number of rotatable bonds is 5. The highest BCUT2D eigenvalue weighted by Crippen LogP contribution is 2.40. The second kappa shape index (κ2) is 5.94. The molecular weight excluding hydrogens is 254 g/mol. The van der Waals surface area contributed by atoms with E-state index in [1.807, 2.05) is 24.3 Å². The van der Waals surface area contributed by atoms with Crippen LogP contribution in [0.25, 0.3) is 0 Å². The first kappa shape index (κ1) is 15.0. The van der Waals surface area contributed by atoms with Crippen molar-refractivity contribution in [2.24, 2.45) is 17.6 Å². The Balaban J connectivity index is 2.31. The van der Waals surface area contributed by atoms with Crippen molar-refractivity contribution in [3.63, 3.8) is 0 Å². The molecule has 3 N–H and O–H groups in total. The average molecular weight is 277 g/mol. The van der Waals surface area contributed by atoms with E-state index in [1.54, 1.807) is 0 Å². The maximum atomic E-state index is 11.8. The van der Waals surface area contributed by atoms with Gasteiger partial charge in [0.2, 0.25) is 0 Å². The van der Waals surface area contributed by atoms with Crippen LogP contribution in [-0.2, 0) is 22.5 Å². The van der Waals surface area contributed by atoms with Gasteiger partial charge in [-0.1, -0.05) is 38.1 Å². The van der Waals surface area contributed by atoms with Crippen molar-refractivity contribution in [2.75, 3.05) is 6.61 Å². The molecule has 0 aromatic heterocycles. The lowest BCUT2D eigenvalue weighted by atomic mass is 9.76. The van der Waals surface area contributed by atoms with Crippen LogP contribution in [0.4, 0.5) is 0 Å². The van der Waals surface area contributed by atoms with Crippen molar-refractivity contribution >= 4 is 5.97 Å². The molecule has 2 unspecified atom stereocenters. The predicted octanol–water partition coefficient (Wildman–Crippen LogP) is 2.20. The molecule has 0 saturated carbocycles. The SMILES string of the molecule is CC(C)C1CCOC1(Cc1cccc(CN)c1)C(=O)O. The summed E-state index contributed by atoms with van der Waals surface area (Å²) < 4.78 is 5.72. The Morgan fingerprint density at radius 3 is 2.80 bits per heavy atom. The molecule has 2 rings (SSSR count). The molecule has 1 aromatic carbocycles. The molecule has 1 aliphatic heterocycles. The number of nitrogens with two attached hydrogens (primary N) is 1. The Bertz CT molecular complexity index is 486. The monoisotopic (exact) mass is 277 g/mol. The molecule has 0 radical (unpaired) electrons. The summed E-state index contributed by atoms with van der Waals surface area (Å²) in [5, 5.41) is 9.72. The van der Waals surface area contributed by atoms with E-state index in [0.29, 0.717) is 19.6 Å². The molecule has 1 fully saturated rings. The fourth-order valence-corrected chi connectivity index (χ4v) is 3.23. The largest absolute Gasteiger partial charge is 0.479 e. The van der Waals surface area contributed by atoms with Crippen molar-refractivity contribution in [3.8, 4) is 0 Å². The first-order chi connectivity index (χ1) is 9.49. The normalized spacial score (nSPS) is 26.1. The first-order valence-corrected chi connectivity index (χ1v) is 7.15. The van der Waals surface area contributed by atoms with Crippen LogP contribution in [0.2, 0.25) is 0 Å². The summed E-state index contributed by atoms with van der Waals surface area (Å²) >= 11 is 0. The number of carbonyl (C=O) groups is 1. The Labute approximate surface area is 119 Å². The van der Waals surface area contributed by atoms with Crippen molar-refractivity contribution in [2.45, 2.75) is 38.8 Å². The average Bonchev–Trinajstić information content (AvgIpc) is 2.84. The Kier molecular flexibility index (Phi) is 4.45. The van der Waals surface area contributed by atoms with E-state index < -0.39 is 11.6 Å². The van der Waals surface area contributed by atoms with Gasteiger partial charge in [0.25, 0.3) is 0 Å². The zero-order chi connectivity index (χ0) is 14.8. The molecule has 1 aliphatic rings. The Hall–Kier alpha value is -1.39. The van der Waals surface area contributed by atoms with E-state index in [2.05, 4.69) is 13.8 Å². The molecule has 110 valence electrons. The topological polar surface area (TPSA) is 72.5 Å². The molecule has 1 heterocycles. The lowest BCUT2D eigenvalue weighted by molar-refractivity contribution is -0.165. The second-order valence-corrected chi connectivity index (χ2v) is 5.88. The van der Waals surface area contributed by atoms with Gasteiger partial charge in [-0.3, -0.25) is 0 Å². The quantitative estimate of drug-likeness (QED) is 0.865. The number of hydrogen-bond acceptors (Lipinski definition) is 3. The summed E-state index contributed by atoms with van der Waals surface area (Å²) in [6.45, 7) is 5.11. The maximum Gasteiger partial charge on any atom is 0.336 e. The summed E-state index contributed by atoms with van der Waals surface area (Å²) in [7, 11) is 0. The van der Waals surface area contributed by atoms with Gasteiger partial charge in [-0.25, -0.2) is 4.79 Å². The fraction of sp³-hybridized carbons (Fsp3) is 0.562. The number of carboxylic acid groups (broad SMARTS) is 1. The number of hydrogen-bond donors (Lipinski definition) is 2. The third-order valence-electron chi connectivity index (χ3n) is 4.25. The number of ether oxygens (including phenoxy) is 1. The lowest BCUT2D eigenvalue weighted by Gasteiger charge is -2.32. The molecule has 0 spiro atoms. The molecule has 0 aliphatic carbocycles. The van der Waals surface area contributed by atoms with Gasteiger partial charge >= 0.3 is 5.97 Å². The van der Waals surface area contributed by atoms with E-state index in [4.69, 9.17) is 10.5 Å². The van der Waals surface area contributed by atoms with E-state index >= 15 is 0 Å². The van der Waals surface area contributed by atoms with Crippen molar-refractivity contribution in [3.05, 3.63) is 35.4 Å². The van der Waals surface area contributed by atoms with Crippen LogP contribution in [0.15, 0.2) is 24.3 Å². The zero-order valence-corrected chi connectivity index (χ0v) is 12.1. The van der Waals surface area contributed by atoms with Crippen LogP contribution in [0.1, 0.15) is 31.4 Å². The van der Waals surface area contributed by atoms with E-state index in [0.717, 1.165) is 17.5 Å². The van der Waals surface area contributed by atoms with Gasteiger partial charge in [0, 0.05) is 25.5 Å². The van der Waals surface area contributed by atoms with Crippen LogP contribution in [-0.4, -0.2) is 23.3 Å². The molecule has 4 nitrogen and oxygen atoms in total. The molecule has 1 aromatic rings. The molecule has 0 amide bonds. The third-order valence-corrected chi connectivity index (χ3v) is 4.25. The van der Waals surface area contributed by atoms with Crippen LogP contribution < -0.4 is 5.73 Å². The van der Waals surface area contributed by atoms with Gasteiger partial charge in [0.1, 0.15) is 0 Å². The third kappa shape index (κ3) is 2.72. The van der Waals surface area contributed by atoms with Gasteiger partial charge < -0.3 is 15.6 Å². The van der Waals surface area contributed by atoms with E-state index in [-0.39, 0.29) is 11.8 Å². The summed E-state index contributed by atoms with van der Waals surface area (Å²) in [5.74, 6) is -0.528. The van der Waals surface area contributed by atoms with E-state index in [9.17, 15) is 9.90 Å². The van der Waals surface area contributed by atoms with Gasteiger partial charge in [-0.05, 0) is 23.5 Å². The Morgan fingerprint density at radius 1 is 1.50 bits per heavy atom. The van der Waals surface area contributed by atoms with E-state index in [1.165, 1.54) is 0 Å². The van der Waals surface area contributed by atoms with Crippen LogP contribution in [0.3, 0.4) is 0 Å². The van der Waals surface area contributed by atoms with Gasteiger partial charge in [-0.15, -0.1) is 0 Å². The molecule has 4 heteroatoms. The lowest BCUT2D eigenvalue weighted by Crippen LogP contribution is -2.47. The minimum atomic E-state index is -1.10. The highest BCUT2D eigenvalue weighted by atomic mass is 16.5. The number of benzene rings is 1. The highest BCUT2D eigenvalue weighted by Gasteiger charge is 2.51. The van der Waals surface area contributed by atoms with Crippen molar-refractivity contribution < 1.29 is 14.6 Å². The molecule has 1 saturated heterocycles. The summed E-state index contributed by atoms with van der Waals surface area (Å²) in [4.78, 5) is 11.8. The maximum absolute atomic E-state index is 11.8. The second-order valence-electron chi connectivity index (χ2n) is 5.88. The zero-order valence-electron chi connectivity index (χ0n) is 12.1. The summed E-state index contributed by atoms with van der Waals surface area (Å²) in [6.07, 6.45) is 1.21. The molecular formula is C16H23NO3. The minimum Gasteiger partial charge on any atom is -0.479 e. The molecule has 2 atom stereocenters. The molecule has 0 bridgehead atoms. The number of aliphatic carboxylic acids is 1. The van der Waals surface area contributed by atoms with Gasteiger partial charge in [-0.2, -0.15) is 0 Å². The highest BCUT2D eigenvalue weighted by molar-refractivity contribution is 5.79. The predicted molar refractivity (Wildman–Crippen MR) is 77.3 cm³/mol. The van der Waals surface area contributed by atoms with Crippen LogP contribution in [0, 0.1) is 11.8 Å². The minimum absolute atomic E-state index is 0.0431. The summed E-state index contributed by atoms with van der Waals surface area (Å²) in [5.41, 5.74) is 6.54. The number of carboxylic acids is 1. The summed E-state index contributed by atoms with van der Waals surface area (Å²) in [6, 6.07) is 7.80. The Morgan fingerprint density at radius 2 is 2.20 bits per heavy atom. The van der Waals surface area contributed by atoms with Gasteiger partial charge in [0.15, 0.2) is 5.60 Å². The molecule has 20 heavy (non-hydrogen) atoms. The van der Waals surface area contributed by atoms with Crippen molar-refractivity contribution in [1.29, 1.82) is 0 Å². The van der Waals surface area contributed by atoms with Gasteiger partial charge in [0.05, 0.1) is 0 Å². The smallest absolute Gasteiger partial charge is 0.336 e. The first-order valence-electron chi connectivity index (χ1n) is 7.15. The fourth-order valence-electron chi connectivity index (χ4n) is 3.23. The van der Waals surface area contributed by atoms with Crippen LogP contribution in [0.5, 0.6) is 0 Å². The van der Waals surface area contributed by atoms with Crippen LogP contribution >= 0.6 is 0 Å². The van der Waals surface area contributed by atoms with Crippen molar-refractivity contribution in [1.82, 2.24) is 0 Å².